The molecule has 0 saturated heterocycles. The Labute approximate surface area is 105 Å². The molecule has 1 radical (unpaired) electrons. The molecule has 0 spiro atoms. The molecule has 0 aromatic carbocycles. The van der Waals surface area contributed by atoms with Crippen molar-refractivity contribution in [1.82, 2.24) is 4.81 Å². The molecule has 0 aromatic heterocycles. The van der Waals surface area contributed by atoms with Crippen LogP contribution in [0.5, 0.6) is 0 Å². The molecule has 0 bridgehead atoms. The van der Waals surface area contributed by atoms with E-state index < -0.39 is 0 Å². The van der Waals surface area contributed by atoms with Gasteiger partial charge < -0.3 is 4.81 Å². The number of allylic oxidation sites excluding steroid dienone is 2. The smallest absolute Gasteiger partial charge is 0.247 e. The zero-order valence-electron chi connectivity index (χ0n) is 11.1. The lowest BCUT2D eigenvalue weighted by Crippen LogP contribution is -2.31. The minimum absolute atomic E-state index is 0.407. The molecule has 91 valence electrons. The van der Waals surface area contributed by atoms with Gasteiger partial charge in [-0.1, -0.05) is 33.2 Å². The Morgan fingerprint density at radius 3 is 3.00 bits per heavy atom. The van der Waals surface area contributed by atoms with Gasteiger partial charge >= 0.3 is 0 Å². The molecule has 0 aliphatic carbocycles. The number of rotatable bonds is 3. The summed E-state index contributed by atoms with van der Waals surface area (Å²) in [6.45, 7) is 11.1. The summed E-state index contributed by atoms with van der Waals surface area (Å²) < 4.78 is 0. The fraction of sp³-hybridized carbons (Fsp3) is 0.538. The van der Waals surface area contributed by atoms with Crippen LogP contribution in [-0.2, 0) is 0 Å². The summed E-state index contributed by atoms with van der Waals surface area (Å²) in [7, 11) is 2.18. The summed E-state index contributed by atoms with van der Waals surface area (Å²) in [6.07, 6.45) is 7.95. The van der Waals surface area contributed by atoms with Gasteiger partial charge in [-0.2, -0.15) is 0 Å². The largest absolute Gasteiger partial charge is 0.410 e. The summed E-state index contributed by atoms with van der Waals surface area (Å²) in [4.78, 5) is 10.8. The molecule has 0 saturated carbocycles. The topological polar surface area (TPSA) is 28.0 Å². The van der Waals surface area contributed by atoms with E-state index >= 15 is 0 Å². The standard InChI is InChI=1S/C13H21BN3/c1-5-6-14-17-9-11(2)8-15-12(3)7-13(4)16-10-17/h7-8,10-11H,4-6,9H2,1-3H3/b12-7-,15-8?,16-10?. The third kappa shape index (κ3) is 5.52. The minimum Gasteiger partial charge on any atom is -0.410 e. The second-order valence-electron chi connectivity index (χ2n) is 4.45. The van der Waals surface area contributed by atoms with Crippen molar-refractivity contribution >= 4 is 20.0 Å². The first-order valence-electron chi connectivity index (χ1n) is 6.16. The highest BCUT2D eigenvalue weighted by Gasteiger charge is 2.07. The van der Waals surface area contributed by atoms with E-state index in [0.717, 1.165) is 30.7 Å². The van der Waals surface area contributed by atoms with Gasteiger partial charge in [0, 0.05) is 24.4 Å². The summed E-state index contributed by atoms with van der Waals surface area (Å²) in [6, 6.07) is 0. The van der Waals surface area contributed by atoms with E-state index in [1.54, 1.807) is 0 Å². The van der Waals surface area contributed by atoms with Crippen molar-refractivity contribution in [1.29, 1.82) is 0 Å². The van der Waals surface area contributed by atoms with E-state index in [2.05, 4.69) is 42.6 Å². The average Bonchev–Trinajstić information content (AvgIpc) is 2.29. The van der Waals surface area contributed by atoms with Crippen molar-refractivity contribution in [3.05, 3.63) is 24.0 Å². The molecule has 1 aliphatic rings. The quantitative estimate of drug-likeness (QED) is 0.685. The predicted octanol–water partition coefficient (Wildman–Crippen LogP) is 2.90. The number of hydrogen-bond acceptors (Lipinski definition) is 3. The van der Waals surface area contributed by atoms with Crippen LogP contribution in [0.25, 0.3) is 0 Å². The maximum atomic E-state index is 4.39. The van der Waals surface area contributed by atoms with Gasteiger partial charge in [0.25, 0.3) is 0 Å². The van der Waals surface area contributed by atoms with Crippen LogP contribution in [0.15, 0.2) is 34.0 Å². The summed E-state index contributed by atoms with van der Waals surface area (Å²) in [5.41, 5.74) is 1.69. The zero-order chi connectivity index (χ0) is 12.7. The monoisotopic (exact) mass is 230 g/mol. The Morgan fingerprint density at radius 2 is 2.29 bits per heavy atom. The number of aliphatic imine (C=N–C) groups is 2. The lowest BCUT2D eigenvalue weighted by Gasteiger charge is -2.21. The highest BCUT2D eigenvalue weighted by atomic mass is 15.1. The molecular weight excluding hydrogens is 209 g/mol. The van der Waals surface area contributed by atoms with Crippen molar-refractivity contribution in [2.45, 2.75) is 33.5 Å². The third-order valence-corrected chi connectivity index (χ3v) is 2.43. The lowest BCUT2D eigenvalue weighted by molar-refractivity contribution is 0.577. The zero-order valence-corrected chi connectivity index (χ0v) is 11.1. The minimum atomic E-state index is 0.407. The summed E-state index contributed by atoms with van der Waals surface area (Å²) in [5.74, 6) is 0.407. The van der Waals surface area contributed by atoms with Gasteiger partial charge in [0.15, 0.2) is 0 Å². The van der Waals surface area contributed by atoms with Crippen LogP contribution in [0.1, 0.15) is 27.2 Å². The van der Waals surface area contributed by atoms with Crippen LogP contribution in [0.4, 0.5) is 0 Å². The second-order valence-corrected chi connectivity index (χ2v) is 4.45. The first-order chi connectivity index (χ1) is 8.11. The van der Waals surface area contributed by atoms with Gasteiger partial charge in [0.1, 0.15) is 0 Å². The predicted molar refractivity (Wildman–Crippen MR) is 76.6 cm³/mol. The van der Waals surface area contributed by atoms with Gasteiger partial charge in [-0.15, -0.1) is 0 Å². The van der Waals surface area contributed by atoms with Crippen LogP contribution in [0.2, 0.25) is 6.32 Å². The average molecular weight is 230 g/mol. The Morgan fingerprint density at radius 1 is 1.53 bits per heavy atom. The lowest BCUT2D eigenvalue weighted by atomic mass is 9.84. The fourth-order valence-corrected chi connectivity index (χ4v) is 1.55. The van der Waals surface area contributed by atoms with Gasteiger partial charge in [0.05, 0.1) is 12.0 Å². The Kier molecular flexibility index (Phi) is 5.74. The van der Waals surface area contributed by atoms with Gasteiger partial charge in [-0.3, -0.25) is 4.99 Å². The van der Waals surface area contributed by atoms with Crippen molar-refractivity contribution < 1.29 is 0 Å². The molecule has 17 heavy (non-hydrogen) atoms. The molecule has 3 nitrogen and oxygen atoms in total. The first kappa shape index (κ1) is 13.7. The highest BCUT2D eigenvalue weighted by Crippen LogP contribution is 2.07. The molecule has 1 aliphatic heterocycles. The van der Waals surface area contributed by atoms with E-state index in [9.17, 15) is 0 Å². The highest BCUT2D eigenvalue weighted by molar-refractivity contribution is 6.35. The molecule has 1 unspecified atom stereocenters. The van der Waals surface area contributed by atoms with E-state index in [1.807, 2.05) is 25.6 Å². The summed E-state index contributed by atoms with van der Waals surface area (Å²) >= 11 is 0. The molecule has 1 heterocycles. The van der Waals surface area contributed by atoms with Crippen LogP contribution < -0.4 is 0 Å². The molecule has 0 amide bonds. The van der Waals surface area contributed by atoms with E-state index in [1.165, 1.54) is 0 Å². The van der Waals surface area contributed by atoms with E-state index in [0.29, 0.717) is 5.92 Å². The van der Waals surface area contributed by atoms with Crippen molar-refractivity contribution in [3.63, 3.8) is 0 Å². The van der Waals surface area contributed by atoms with Crippen LogP contribution >= 0.6 is 0 Å². The summed E-state index contributed by atoms with van der Waals surface area (Å²) in [5, 5.41) is 0. The van der Waals surface area contributed by atoms with Crippen molar-refractivity contribution in [2.24, 2.45) is 15.9 Å². The number of hydrogen-bond donors (Lipinski definition) is 0. The fourth-order valence-electron chi connectivity index (χ4n) is 1.55. The van der Waals surface area contributed by atoms with Crippen molar-refractivity contribution in [3.8, 4) is 0 Å². The SMILES string of the molecule is C=C1/C=C(/C)N=CC(C)CN([B]CCC)C=N1. The van der Waals surface area contributed by atoms with E-state index in [4.69, 9.17) is 0 Å². The van der Waals surface area contributed by atoms with Gasteiger partial charge in [0.2, 0.25) is 7.41 Å². The molecule has 4 heteroatoms. The van der Waals surface area contributed by atoms with E-state index in [-0.39, 0.29) is 0 Å². The first-order valence-corrected chi connectivity index (χ1v) is 6.16. The van der Waals surface area contributed by atoms with Gasteiger partial charge in [-0.05, 0) is 13.0 Å². The maximum absolute atomic E-state index is 4.39. The molecule has 1 rings (SSSR count). The second kappa shape index (κ2) is 7.10. The van der Waals surface area contributed by atoms with Crippen molar-refractivity contribution in [2.75, 3.05) is 6.54 Å². The Bertz CT molecular complexity index is 345. The molecule has 0 aromatic rings. The Hall–Kier alpha value is -1.32. The maximum Gasteiger partial charge on any atom is 0.247 e. The molecule has 0 N–H and O–H groups in total. The number of nitrogens with zero attached hydrogens (tertiary/aromatic N) is 3. The normalized spacial score (nSPS) is 24.4. The molecular formula is C13H21BN3. The third-order valence-electron chi connectivity index (χ3n) is 2.43. The van der Waals surface area contributed by atoms with Crippen LogP contribution in [-0.4, -0.2) is 31.3 Å². The van der Waals surface area contributed by atoms with Crippen LogP contribution in [0, 0.1) is 5.92 Å². The van der Waals surface area contributed by atoms with Crippen LogP contribution in [0.3, 0.4) is 0 Å². The Balaban J connectivity index is 2.77. The molecule has 0 fully saturated rings. The van der Waals surface area contributed by atoms with Gasteiger partial charge in [-0.25, -0.2) is 4.99 Å². The molecule has 1 atom stereocenters.